The van der Waals surface area contributed by atoms with Gasteiger partial charge in [-0.15, -0.1) is 0 Å². The molecule has 166 valence electrons. The molecule has 4 rings (SSSR count). The van der Waals surface area contributed by atoms with Gasteiger partial charge in [0.1, 0.15) is 6.04 Å². The number of benzene rings is 2. The molecular formula is C22H14ClFN4O4S. The van der Waals surface area contributed by atoms with Crippen molar-refractivity contribution < 1.29 is 22.4 Å². The van der Waals surface area contributed by atoms with Crippen molar-refractivity contribution in [2.24, 2.45) is 0 Å². The van der Waals surface area contributed by atoms with Crippen molar-refractivity contribution in [1.29, 1.82) is 5.26 Å². The minimum Gasteiger partial charge on any atom is -0.289 e. The van der Waals surface area contributed by atoms with Gasteiger partial charge in [-0.25, -0.2) is 22.2 Å². The lowest BCUT2D eigenvalue weighted by Crippen LogP contribution is -2.33. The monoisotopic (exact) mass is 484 g/mol. The second-order valence-electron chi connectivity index (χ2n) is 7.22. The Kier molecular flexibility index (Phi) is 5.61. The number of hydrogen-bond acceptors (Lipinski definition) is 6. The number of rotatable bonds is 4. The highest BCUT2D eigenvalue weighted by atomic mass is 35.5. The zero-order chi connectivity index (χ0) is 23.9. The van der Waals surface area contributed by atoms with Crippen LogP contribution < -0.4 is 4.72 Å². The van der Waals surface area contributed by atoms with Crippen molar-refractivity contribution >= 4 is 44.2 Å². The third-order valence-corrected chi connectivity index (χ3v) is 5.81. The van der Waals surface area contributed by atoms with E-state index in [-0.39, 0.29) is 5.15 Å². The van der Waals surface area contributed by atoms with E-state index in [1.54, 1.807) is 47.2 Å². The summed E-state index contributed by atoms with van der Waals surface area (Å²) >= 11 is 6.30. The van der Waals surface area contributed by atoms with Gasteiger partial charge in [-0.3, -0.25) is 9.59 Å². The van der Waals surface area contributed by atoms with Crippen molar-refractivity contribution in [1.82, 2.24) is 14.5 Å². The van der Waals surface area contributed by atoms with Crippen LogP contribution in [0.3, 0.4) is 0 Å². The Morgan fingerprint density at radius 2 is 2.00 bits per heavy atom. The topological polar surface area (TPSA) is 122 Å². The predicted octanol–water partition coefficient (Wildman–Crippen LogP) is 3.21. The number of fused-ring (bicyclic) bond motifs is 1. The summed E-state index contributed by atoms with van der Waals surface area (Å²) in [6.07, 6.45) is 3.01. The summed E-state index contributed by atoms with van der Waals surface area (Å²) < 4.78 is 40.0. The summed E-state index contributed by atoms with van der Waals surface area (Å²) in [6.45, 7) is 0. The van der Waals surface area contributed by atoms with Gasteiger partial charge in [0, 0.05) is 5.39 Å². The van der Waals surface area contributed by atoms with Crippen molar-refractivity contribution in [3.63, 3.8) is 0 Å². The maximum Gasteiger partial charge on any atom is 0.267 e. The van der Waals surface area contributed by atoms with E-state index in [0.717, 1.165) is 12.3 Å². The maximum atomic E-state index is 14.7. The molecule has 8 nitrogen and oxygen atoms in total. The lowest BCUT2D eigenvalue weighted by Gasteiger charge is -2.18. The van der Waals surface area contributed by atoms with Crippen molar-refractivity contribution in [3.05, 3.63) is 76.7 Å². The Balaban J connectivity index is 1.73. The van der Waals surface area contributed by atoms with Crippen molar-refractivity contribution in [3.8, 4) is 17.2 Å². The van der Waals surface area contributed by atoms with Crippen LogP contribution in [0.2, 0.25) is 5.15 Å². The first kappa shape index (κ1) is 22.4. The Bertz CT molecular complexity index is 1550. The Labute approximate surface area is 192 Å². The molecule has 2 aromatic carbocycles. The van der Waals surface area contributed by atoms with Crippen LogP contribution >= 0.6 is 11.6 Å². The quantitative estimate of drug-likeness (QED) is 0.606. The summed E-state index contributed by atoms with van der Waals surface area (Å²) in [5.74, 6) is -3.71. The minimum atomic E-state index is -3.94. The number of nitriles is 1. The number of amides is 1. The van der Waals surface area contributed by atoms with Crippen LogP contribution in [0.25, 0.3) is 22.0 Å². The molecule has 0 fully saturated rings. The largest absolute Gasteiger partial charge is 0.289 e. The van der Waals surface area contributed by atoms with Gasteiger partial charge < -0.3 is 0 Å². The first-order valence-electron chi connectivity index (χ1n) is 9.42. The Morgan fingerprint density at radius 1 is 1.27 bits per heavy atom. The van der Waals surface area contributed by atoms with Crippen LogP contribution in [0, 0.1) is 11.3 Å². The van der Waals surface area contributed by atoms with Crippen LogP contribution in [0.1, 0.15) is 11.6 Å². The first-order valence-corrected chi connectivity index (χ1v) is 11.7. The highest BCUT2D eigenvalue weighted by molar-refractivity contribution is 7.89. The number of Topliss-reactive ketones (excluding diaryl/α,β-unsaturated/α-hetero) is 1. The second-order valence-corrected chi connectivity index (χ2v) is 9.33. The molecule has 0 bridgehead atoms. The third-order valence-electron chi connectivity index (χ3n) is 4.97. The number of aromatic nitrogens is 2. The van der Waals surface area contributed by atoms with Crippen molar-refractivity contribution in [2.45, 2.75) is 6.04 Å². The number of carbonyl (C=O) groups excluding carboxylic acids is 2. The summed E-state index contributed by atoms with van der Waals surface area (Å²) in [5, 5.41) is 14.1. The normalized spacial score (nSPS) is 16.2. The number of halogens is 2. The molecule has 11 heteroatoms. The fourth-order valence-corrected chi connectivity index (χ4v) is 4.20. The number of sulfonamides is 1. The van der Waals surface area contributed by atoms with Crippen LogP contribution in [0.15, 0.2) is 66.0 Å². The Hall–Kier alpha value is -3.81. The van der Waals surface area contributed by atoms with Crippen LogP contribution in [-0.4, -0.2) is 36.1 Å². The minimum absolute atomic E-state index is 0.0625. The van der Waals surface area contributed by atoms with Gasteiger partial charge in [-0.2, -0.15) is 10.4 Å². The summed E-state index contributed by atoms with van der Waals surface area (Å²) in [6, 6.07) is 13.0. The predicted molar refractivity (Wildman–Crippen MR) is 119 cm³/mol. The molecular weight excluding hydrogens is 471 g/mol. The van der Waals surface area contributed by atoms with Gasteiger partial charge in [0.05, 0.1) is 29.0 Å². The van der Waals surface area contributed by atoms with E-state index in [1.807, 2.05) is 0 Å². The van der Waals surface area contributed by atoms with Crippen LogP contribution in [0.4, 0.5) is 4.39 Å². The van der Waals surface area contributed by atoms with E-state index in [0.29, 0.717) is 27.6 Å². The molecule has 0 saturated carbocycles. The van der Waals surface area contributed by atoms with Crippen molar-refractivity contribution in [2.75, 3.05) is 6.26 Å². The molecule has 0 saturated heterocycles. The van der Waals surface area contributed by atoms with E-state index in [9.17, 15) is 27.7 Å². The van der Waals surface area contributed by atoms with Gasteiger partial charge >= 0.3 is 0 Å². The van der Waals surface area contributed by atoms with E-state index in [1.165, 1.54) is 10.8 Å². The lowest BCUT2D eigenvalue weighted by molar-refractivity contribution is -0.120. The summed E-state index contributed by atoms with van der Waals surface area (Å²) in [7, 11) is -3.94. The molecule has 33 heavy (non-hydrogen) atoms. The SMILES string of the molecule is CS(=O)(=O)NC(=O)C1=C(F)C(=O)C(n2nc(Cl)c3cc(-c4ccccc4C#N)ccc32)C=C1. The second kappa shape index (κ2) is 8.27. The fourth-order valence-electron chi connectivity index (χ4n) is 3.52. The molecule has 1 aliphatic carbocycles. The summed E-state index contributed by atoms with van der Waals surface area (Å²) in [5.41, 5.74) is 1.60. The van der Waals surface area contributed by atoms with Gasteiger partial charge in [0.25, 0.3) is 5.91 Å². The third kappa shape index (κ3) is 4.16. The zero-order valence-corrected chi connectivity index (χ0v) is 18.5. The number of nitrogens with zero attached hydrogens (tertiary/aromatic N) is 3. The molecule has 1 N–H and O–H groups in total. The smallest absolute Gasteiger partial charge is 0.267 e. The highest BCUT2D eigenvalue weighted by Gasteiger charge is 2.33. The van der Waals surface area contributed by atoms with E-state index >= 15 is 0 Å². The number of allylic oxidation sites excluding steroid dienone is 2. The highest BCUT2D eigenvalue weighted by Crippen LogP contribution is 2.34. The lowest BCUT2D eigenvalue weighted by atomic mass is 9.98. The van der Waals surface area contributed by atoms with Gasteiger partial charge in [0.2, 0.25) is 15.8 Å². The van der Waals surface area contributed by atoms with Gasteiger partial charge in [0.15, 0.2) is 11.0 Å². The maximum absolute atomic E-state index is 14.7. The molecule has 1 atom stereocenters. The van der Waals surface area contributed by atoms with Crippen LogP contribution in [0.5, 0.6) is 0 Å². The van der Waals surface area contributed by atoms with E-state index in [2.05, 4.69) is 11.2 Å². The average Bonchev–Trinajstić information content (AvgIpc) is 3.10. The Morgan fingerprint density at radius 3 is 2.70 bits per heavy atom. The fraction of sp³-hybridized carbons (Fsp3) is 0.0909. The van der Waals surface area contributed by atoms with E-state index < -0.39 is 39.2 Å². The molecule has 0 spiro atoms. The first-order chi connectivity index (χ1) is 15.6. The number of nitrogens with one attached hydrogen (secondary N) is 1. The molecule has 3 aromatic rings. The number of ketones is 1. The molecule has 1 heterocycles. The molecule has 0 radical (unpaired) electrons. The average molecular weight is 485 g/mol. The molecule has 1 aliphatic rings. The standard InChI is InChI=1S/C22H14ClFN4O4S/c1-33(31,32)27-22(30)15-7-9-18(20(29)19(15)24)28-17-8-6-12(10-16(17)21(23)26-28)14-5-3-2-4-13(14)11-25/h2-10,18H,1H3,(H,27,30). The number of carbonyl (C=O) groups is 2. The van der Waals surface area contributed by atoms with Crippen LogP contribution in [-0.2, 0) is 19.6 Å². The molecule has 0 aliphatic heterocycles. The van der Waals surface area contributed by atoms with Gasteiger partial charge in [-0.1, -0.05) is 41.9 Å². The van der Waals surface area contributed by atoms with E-state index in [4.69, 9.17) is 11.6 Å². The molecule has 1 unspecified atom stereocenters. The zero-order valence-electron chi connectivity index (χ0n) is 16.9. The summed E-state index contributed by atoms with van der Waals surface area (Å²) in [4.78, 5) is 24.7. The molecule has 1 aromatic heterocycles. The molecule has 1 amide bonds. The van der Waals surface area contributed by atoms with Gasteiger partial charge in [-0.05, 0) is 35.4 Å². The number of hydrogen-bond donors (Lipinski definition) is 1.